The highest BCUT2D eigenvalue weighted by Gasteiger charge is 2.10. The van der Waals surface area contributed by atoms with Gasteiger partial charge in [0.1, 0.15) is 5.82 Å². The van der Waals surface area contributed by atoms with E-state index in [1.165, 1.54) is 42.6 Å². The highest BCUT2D eigenvalue weighted by Crippen LogP contribution is 2.06. The van der Waals surface area contributed by atoms with Crippen molar-refractivity contribution >= 4 is 16.2 Å². The van der Waals surface area contributed by atoms with Crippen LogP contribution in [-0.4, -0.2) is 14.6 Å². The van der Waals surface area contributed by atoms with Crippen molar-refractivity contribution in [2.75, 3.05) is 0 Å². The highest BCUT2D eigenvalue weighted by atomic mass is 32.2. The lowest BCUT2D eigenvalue weighted by molar-refractivity contribution is 0.584. The van der Waals surface area contributed by atoms with Gasteiger partial charge in [0, 0.05) is 0 Å². The summed E-state index contributed by atoms with van der Waals surface area (Å²) in [4.78, 5) is 2.22. The van der Waals surface area contributed by atoms with Crippen LogP contribution in [0.5, 0.6) is 0 Å². The number of hydrogen-bond acceptors (Lipinski definition) is 3. The van der Waals surface area contributed by atoms with Crippen LogP contribution >= 0.6 is 0 Å². The first-order chi connectivity index (χ1) is 9.08. The molecule has 0 saturated heterocycles. The second-order valence-corrected chi connectivity index (χ2v) is 5.38. The summed E-state index contributed by atoms with van der Waals surface area (Å²) in [6.07, 6.45) is 1.31. The second-order valence-electron chi connectivity index (χ2n) is 3.72. The lowest BCUT2D eigenvalue weighted by atomic mass is 10.2. The third-order valence-electron chi connectivity index (χ3n) is 2.31. The van der Waals surface area contributed by atoms with E-state index in [2.05, 4.69) is 9.93 Å². The fourth-order valence-electron chi connectivity index (χ4n) is 1.37. The quantitative estimate of drug-likeness (QED) is 0.688. The van der Waals surface area contributed by atoms with Crippen molar-refractivity contribution in [2.24, 2.45) is 5.10 Å². The number of nitrogens with one attached hydrogen (secondary N) is 1. The Balaban J connectivity index is 2.08. The van der Waals surface area contributed by atoms with Gasteiger partial charge in [-0.3, -0.25) is 0 Å². The molecular weight excluding hydrogens is 267 g/mol. The van der Waals surface area contributed by atoms with E-state index in [-0.39, 0.29) is 10.7 Å². The first kappa shape index (κ1) is 13.2. The fourth-order valence-corrected chi connectivity index (χ4v) is 2.18. The number of hydrazone groups is 1. The Morgan fingerprint density at radius 2 is 1.63 bits per heavy atom. The number of sulfonamides is 1. The summed E-state index contributed by atoms with van der Waals surface area (Å²) in [5.74, 6) is -0.359. The van der Waals surface area contributed by atoms with Crippen molar-refractivity contribution in [3.63, 3.8) is 0 Å². The first-order valence-electron chi connectivity index (χ1n) is 5.43. The summed E-state index contributed by atoms with van der Waals surface area (Å²) in [6.45, 7) is 0. The average Bonchev–Trinajstić information content (AvgIpc) is 2.42. The molecule has 6 heteroatoms. The van der Waals surface area contributed by atoms with Gasteiger partial charge in [-0.2, -0.15) is 13.5 Å². The van der Waals surface area contributed by atoms with E-state index in [0.29, 0.717) is 5.56 Å². The second kappa shape index (κ2) is 5.62. The molecule has 2 rings (SSSR count). The molecule has 1 N–H and O–H groups in total. The molecule has 0 fully saturated rings. The molecule has 0 aliphatic heterocycles. The van der Waals surface area contributed by atoms with E-state index in [9.17, 15) is 12.8 Å². The van der Waals surface area contributed by atoms with Gasteiger partial charge in [-0.15, -0.1) is 0 Å². The number of hydrogen-bond donors (Lipinski definition) is 1. The van der Waals surface area contributed by atoms with E-state index in [1.807, 2.05) is 0 Å². The van der Waals surface area contributed by atoms with E-state index < -0.39 is 10.0 Å². The van der Waals surface area contributed by atoms with Gasteiger partial charge in [-0.1, -0.05) is 30.3 Å². The van der Waals surface area contributed by atoms with Crippen LogP contribution in [0.2, 0.25) is 0 Å². The maximum absolute atomic E-state index is 12.7. The van der Waals surface area contributed by atoms with Gasteiger partial charge in [0.15, 0.2) is 0 Å². The Morgan fingerprint density at radius 1 is 1.00 bits per heavy atom. The van der Waals surface area contributed by atoms with Gasteiger partial charge in [0.05, 0.1) is 11.1 Å². The van der Waals surface area contributed by atoms with Crippen LogP contribution in [0.3, 0.4) is 0 Å². The molecule has 0 amide bonds. The van der Waals surface area contributed by atoms with Crippen LogP contribution in [-0.2, 0) is 10.0 Å². The minimum atomic E-state index is -3.66. The summed E-state index contributed by atoms with van der Waals surface area (Å²) >= 11 is 0. The Labute approximate surface area is 110 Å². The Morgan fingerprint density at radius 3 is 2.26 bits per heavy atom. The number of rotatable bonds is 4. The minimum absolute atomic E-state index is 0.131. The molecule has 0 bridgehead atoms. The van der Waals surface area contributed by atoms with Gasteiger partial charge >= 0.3 is 0 Å². The SMILES string of the molecule is O=S(=O)(NN=Cc1ccc(F)cc1)c1ccccc1. The first-order valence-corrected chi connectivity index (χ1v) is 6.92. The van der Waals surface area contributed by atoms with Crippen molar-refractivity contribution in [3.05, 3.63) is 66.0 Å². The normalized spacial score (nSPS) is 11.6. The predicted octanol–water partition coefficient (Wildman–Crippen LogP) is 2.14. The molecule has 2 aromatic rings. The Hall–Kier alpha value is -2.21. The molecule has 0 saturated carbocycles. The zero-order valence-electron chi connectivity index (χ0n) is 9.82. The molecule has 4 nitrogen and oxygen atoms in total. The molecule has 98 valence electrons. The van der Waals surface area contributed by atoms with Crippen molar-refractivity contribution in [2.45, 2.75) is 4.90 Å². The molecule has 0 radical (unpaired) electrons. The van der Waals surface area contributed by atoms with Crippen molar-refractivity contribution < 1.29 is 12.8 Å². The molecule has 0 spiro atoms. The maximum atomic E-state index is 12.7. The van der Waals surface area contributed by atoms with Crippen molar-refractivity contribution in [1.29, 1.82) is 0 Å². The van der Waals surface area contributed by atoms with E-state index in [0.717, 1.165) is 0 Å². The molecule has 0 unspecified atom stereocenters. The molecule has 0 aromatic heterocycles. The molecular formula is C13H11FN2O2S. The van der Waals surface area contributed by atoms with Gasteiger partial charge in [0.2, 0.25) is 0 Å². The highest BCUT2D eigenvalue weighted by molar-refractivity contribution is 7.89. The maximum Gasteiger partial charge on any atom is 0.276 e. The zero-order chi connectivity index (χ0) is 13.7. The van der Waals surface area contributed by atoms with Crippen LogP contribution in [0.1, 0.15) is 5.56 Å². The topological polar surface area (TPSA) is 58.5 Å². The van der Waals surface area contributed by atoms with E-state index >= 15 is 0 Å². The summed E-state index contributed by atoms with van der Waals surface area (Å²) in [5.41, 5.74) is 0.595. The largest absolute Gasteiger partial charge is 0.276 e. The molecule has 0 atom stereocenters. The van der Waals surface area contributed by atoms with Gasteiger partial charge in [0.25, 0.3) is 10.0 Å². The van der Waals surface area contributed by atoms with E-state index in [4.69, 9.17) is 0 Å². The number of nitrogens with zero attached hydrogens (tertiary/aromatic N) is 1. The summed E-state index contributed by atoms with van der Waals surface area (Å²) < 4.78 is 36.2. The predicted molar refractivity (Wildman–Crippen MR) is 70.8 cm³/mol. The van der Waals surface area contributed by atoms with Gasteiger partial charge < -0.3 is 0 Å². The Kier molecular flexibility index (Phi) is 3.91. The molecule has 2 aromatic carbocycles. The smallest absolute Gasteiger partial charge is 0.207 e. The molecule has 0 aliphatic rings. The molecule has 0 aliphatic carbocycles. The van der Waals surface area contributed by atoms with Crippen LogP contribution in [0, 0.1) is 5.82 Å². The van der Waals surface area contributed by atoms with Crippen LogP contribution < -0.4 is 4.83 Å². The minimum Gasteiger partial charge on any atom is -0.207 e. The zero-order valence-corrected chi connectivity index (χ0v) is 10.6. The standard InChI is InChI=1S/C13H11FN2O2S/c14-12-8-6-11(7-9-12)10-15-16-19(17,18)13-4-2-1-3-5-13/h1-10,16H. The lowest BCUT2D eigenvalue weighted by Gasteiger charge is -2.02. The summed E-state index contributed by atoms with van der Waals surface area (Å²) in [6, 6.07) is 13.4. The van der Waals surface area contributed by atoms with Gasteiger partial charge in [-0.05, 0) is 29.8 Å². The average molecular weight is 278 g/mol. The van der Waals surface area contributed by atoms with Crippen molar-refractivity contribution in [3.8, 4) is 0 Å². The third-order valence-corrected chi connectivity index (χ3v) is 3.55. The number of halogens is 1. The van der Waals surface area contributed by atoms with Crippen molar-refractivity contribution in [1.82, 2.24) is 4.83 Å². The Bertz CT molecular complexity index is 668. The third kappa shape index (κ3) is 3.62. The van der Waals surface area contributed by atoms with Crippen LogP contribution in [0.25, 0.3) is 0 Å². The van der Waals surface area contributed by atoms with Gasteiger partial charge in [-0.25, -0.2) is 9.22 Å². The van der Waals surface area contributed by atoms with Crippen LogP contribution in [0.15, 0.2) is 64.6 Å². The molecule has 0 heterocycles. The van der Waals surface area contributed by atoms with Crippen LogP contribution in [0.4, 0.5) is 4.39 Å². The lowest BCUT2D eigenvalue weighted by Crippen LogP contribution is -2.18. The summed E-state index contributed by atoms with van der Waals surface area (Å²) in [5, 5.41) is 3.63. The monoisotopic (exact) mass is 278 g/mol. The fraction of sp³-hybridized carbons (Fsp3) is 0. The molecule has 19 heavy (non-hydrogen) atoms. The summed E-state index contributed by atoms with van der Waals surface area (Å²) in [7, 11) is -3.66. The number of benzene rings is 2. The van der Waals surface area contributed by atoms with E-state index in [1.54, 1.807) is 18.2 Å².